The van der Waals surface area contributed by atoms with Crippen LogP contribution >= 0.6 is 0 Å². The van der Waals surface area contributed by atoms with E-state index in [9.17, 15) is 18.0 Å². The summed E-state index contributed by atoms with van der Waals surface area (Å²) < 4.78 is 44.7. The van der Waals surface area contributed by atoms with E-state index in [2.05, 4.69) is 5.32 Å². The van der Waals surface area contributed by atoms with Gasteiger partial charge in [-0.15, -0.1) is 0 Å². The first kappa shape index (κ1) is 17.1. The molecule has 0 atom stereocenters. The van der Waals surface area contributed by atoms with Crippen molar-refractivity contribution in [3.05, 3.63) is 71.1 Å². The molecule has 0 aliphatic heterocycles. The number of alkyl halides is 3. The van der Waals surface area contributed by atoms with E-state index in [0.29, 0.717) is 5.70 Å². The van der Waals surface area contributed by atoms with E-state index in [4.69, 9.17) is 4.42 Å². The van der Waals surface area contributed by atoms with E-state index in [1.807, 2.05) is 19.1 Å². The molecular weight excluding hydrogens is 331 g/mol. The Balaban J connectivity index is 1.84. The van der Waals surface area contributed by atoms with Crippen LogP contribution in [0.1, 0.15) is 35.9 Å². The van der Waals surface area contributed by atoms with E-state index in [0.717, 1.165) is 24.5 Å². The topological polar surface area (TPSA) is 42.2 Å². The Morgan fingerprint density at radius 1 is 1.16 bits per heavy atom. The van der Waals surface area contributed by atoms with Gasteiger partial charge in [0, 0.05) is 11.3 Å². The quantitative estimate of drug-likeness (QED) is 0.816. The fraction of sp³-hybridized carbons (Fsp3) is 0.211. The predicted octanol–water partition coefficient (Wildman–Crippen LogP) is 5.32. The zero-order chi connectivity index (χ0) is 18.0. The summed E-state index contributed by atoms with van der Waals surface area (Å²) >= 11 is 0. The second-order valence-electron chi connectivity index (χ2n) is 5.85. The van der Waals surface area contributed by atoms with Crippen molar-refractivity contribution in [3.63, 3.8) is 0 Å². The van der Waals surface area contributed by atoms with Crippen molar-refractivity contribution in [2.24, 2.45) is 0 Å². The molecule has 0 unspecified atom stereocenters. The molecule has 25 heavy (non-hydrogen) atoms. The maximum Gasteiger partial charge on any atom is 0.417 e. The minimum Gasteiger partial charge on any atom is -0.451 e. The lowest BCUT2D eigenvalue weighted by molar-refractivity contribution is -0.137. The third-order valence-electron chi connectivity index (χ3n) is 3.89. The maximum atomic E-state index is 13.1. The second-order valence-corrected chi connectivity index (χ2v) is 5.85. The summed E-state index contributed by atoms with van der Waals surface area (Å²) in [6, 6.07) is 7.85. The Hall–Kier alpha value is -2.76. The van der Waals surface area contributed by atoms with E-state index in [1.54, 1.807) is 0 Å². The highest BCUT2D eigenvalue weighted by atomic mass is 19.4. The third kappa shape index (κ3) is 3.84. The highest BCUT2D eigenvalue weighted by Crippen LogP contribution is 2.37. The molecule has 130 valence electrons. The minimum atomic E-state index is -4.50. The molecule has 0 radical (unpaired) electrons. The number of amides is 1. The lowest BCUT2D eigenvalue weighted by Crippen LogP contribution is -2.22. The lowest BCUT2D eigenvalue weighted by atomic mass is 10.0. The molecule has 1 aromatic heterocycles. The standard InChI is InChI=1S/C19H16F3NO2/c1-12-5-4-6-13(11-12)23-18(24)17-10-9-16(25-17)14-7-2-3-8-15(14)19(20,21)22/h2-3,6-11H,4-5H2,1H3,(H,23,24). The summed E-state index contributed by atoms with van der Waals surface area (Å²) in [5.74, 6) is -0.528. The molecule has 0 saturated heterocycles. The molecule has 3 nitrogen and oxygen atoms in total. The monoisotopic (exact) mass is 347 g/mol. The zero-order valence-corrected chi connectivity index (χ0v) is 13.5. The third-order valence-corrected chi connectivity index (χ3v) is 3.89. The van der Waals surface area contributed by atoms with Gasteiger partial charge in [-0.2, -0.15) is 13.2 Å². The number of rotatable bonds is 3. The van der Waals surface area contributed by atoms with Gasteiger partial charge < -0.3 is 9.73 Å². The van der Waals surface area contributed by atoms with Crippen molar-refractivity contribution in [3.8, 4) is 11.3 Å². The van der Waals surface area contributed by atoms with Crippen LogP contribution in [0, 0.1) is 0 Å². The van der Waals surface area contributed by atoms with Crippen LogP contribution in [0.25, 0.3) is 11.3 Å². The first-order valence-electron chi connectivity index (χ1n) is 7.80. The van der Waals surface area contributed by atoms with Crippen LogP contribution in [0.4, 0.5) is 13.2 Å². The Morgan fingerprint density at radius 3 is 2.64 bits per heavy atom. The van der Waals surface area contributed by atoms with Crippen molar-refractivity contribution in [2.75, 3.05) is 0 Å². The first-order valence-corrected chi connectivity index (χ1v) is 7.80. The summed E-state index contributed by atoms with van der Waals surface area (Å²) in [6.07, 6.45) is 1.04. The Morgan fingerprint density at radius 2 is 1.92 bits per heavy atom. The predicted molar refractivity (Wildman–Crippen MR) is 87.7 cm³/mol. The van der Waals surface area contributed by atoms with Crippen LogP contribution in [0.5, 0.6) is 0 Å². The second kappa shape index (κ2) is 6.63. The van der Waals surface area contributed by atoms with E-state index in [-0.39, 0.29) is 17.1 Å². The average Bonchev–Trinajstić information content (AvgIpc) is 3.04. The van der Waals surface area contributed by atoms with Crippen LogP contribution in [0.15, 0.2) is 64.2 Å². The lowest BCUT2D eigenvalue weighted by Gasteiger charge is -2.11. The number of halogens is 3. The van der Waals surface area contributed by atoms with Gasteiger partial charge in [-0.1, -0.05) is 29.8 Å². The Kier molecular flexibility index (Phi) is 4.53. The first-order chi connectivity index (χ1) is 11.8. The minimum absolute atomic E-state index is 0.00224. The fourth-order valence-corrected chi connectivity index (χ4v) is 2.68. The van der Waals surface area contributed by atoms with Gasteiger partial charge in [0.1, 0.15) is 5.76 Å². The largest absolute Gasteiger partial charge is 0.451 e. The Bertz CT molecular complexity index is 860. The average molecular weight is 347 g/mol. The van der Waals surface area contributed by atoms with Crippen molar-refractivity contribution >= 4 is 5.91 Å². The van der Waals surface area contributed by atoms with Crippen LogP contribution in [-0.4, -0.2) is 5.91 Å². The number of furan rings is 1. The van der Waals surface area contributed by atoms with Gasteiger partial charge in [-0.25, -0.2) is 0 Å². The summed E-state index contributed by atoms with van der Waals surface area (Å²) in [4.78, 5) is 12.2. The van der Waals surface area contributed by atoms with Crippen LogP contribution in [0.3, 0.4) is 0 Å². The summed E-state index contributed by atoms with van der Waals surface area (Å²) in [5, 5.41) is 2.71. The van der Waals surface area contributed by atoms with Crippen LogP contribution in [-0.2, 0) is 6.18 Å². The molecule has 1 amide bonds. The van der Waals surface area contributed by atoms with Gasteiger partial charge >= 0.3 is 6.18 Å². The SMILES string of the molecule is CC1=CC(NC(=O)c2ccc(-c3ccccc3C(F)(F)F)o2)=CCC1. The normalized spacial score (nSPS) is 14.7. The van der Waals surface area contributed by atoms with Gasteiger partial charge in [0.05, 0.1) is 5.56 Å². The molecule has 6 heteroatoms. The molecular formula is C19H16F3NO2. The van der Waals surface area contributed by atoms with Crippen LogP contribution < -0.4 is 5.32 Å². The van der Waals surface area contributed by atoms with Gasteiger partial charge in [0.15, 0.2) is 5.76 Å². The highest BCUT2D eigenvalue weighted by molar-refractivity contribution is 5.93. The maximum absolute atomic E-state index is 13.1. The summed E-state index contributed by atoms with van der Waals surface area (Å²) in [6.45, 7) is 1.97. The van der Waals surface area contributed by atoms with Crippen molar-refractivity contribution < 1.29 is 22.4 Å². The molecule has 1 N–H and O–H groups in total. The van der Waals surface area contributed by atoms with Gasteiger partial charge in [-0.3, -0.25) is 4.79 Å². The molecule has 1 aliphatic rings. The van der Waals surface area contributed by atoms with E-state index in [1.165, 1.54) is 30.3 Å². The molecule has 1 aliphatic carbocycles. The Labute approximate surface area is 142 Å². The molecule has 0 spiro atoms. The summed E-state index contributed by atoms with van der Waals surface area (Å²) in [5.41, 5.74) is 0.922. The molecule has 3 rings (SSSR count). The number of nitrogens with one attached hydrogen (secondary N) is 1. The van der Waals surface area contributed by atoms with Gasteiger partial charge in [0.25, 0.3) is 5.91 Å². The van der Waals surface area contributed by atoms with E-state index >= 15 is 0 Å². The number of allylic oxidation sites excluding steroid dienone is 3. The highest BCUT2D eigenvalue weighted by Gasteiger charge is 2.34. The van der Waals surface area contributed by atoms with Crippen LogP contribution in [0.2, 0.25) is 0 Å². The number of hydrogen-bond acceptors (Lipinski definition) is 2. The van der Waals surface area contributed by atoms with Crippen molar-refractivity contribution in [1.82, 2.24) is 5.32 Å². The molecule has 1 aromatic carbocycles. The number of carbonyl (C=O) groups excluding carboxylic acids is 1. The number of carbonyl (C=O) groups is 1. The zero-order valence-electron chi connectivity index (χ0n) is 13.5. The number of benzene rings is 1. The van der Waals surface area contributed by atoms with Crippen molar-refractivity contribution in [2.45, 2.75) is 25.9 Å². The smallest absolute Gasteiger partial charge is 0.417 e. The molecule has 0 fully saturated rings. The molecule has 1 heterocycles. The summed E-state index contributed by atoms with van der Waals surface area (Å²) in [7, 11) is 0. The van der Waals surface area contributed by atoms with Gasteiger partial charge in [0.2, 0.25) is 0 Å². The van der Waals surface area contributed by atoms with E-state index < -0.39 is 17.6 Å². The van der Waals surface area contributed by atoms with Crippen molar-refractivity contribution in [1.29, 1.82) is 0 Å². The fourth-order valence-electron chi connectivity index (χ4n) is 2.68. The molecule has 0 bridgehead atoms. The number of hydrogen-bond donors (Lipinski definition) is 1. The molecule has 0 saturated carbocycles. The van der Waals surface area contributed by atoms with Gasteiger partial charge in [-0.05, 0) is 44.0 Å². The molecule has 2 aromatic rings.